The molecule has 0 spiro atoms. The molecule has 26 heavy (non-hydrogen) atoms. The van der Waals surface area contributed by atoms with Crippen molar-refractivity contribution in [1.82, 2.24) is 9.97 Å². The lowest BCUT2D eigenvalue weighted by atomic mass is 10.2. The Balaban J connectivity index is 1.85. The molecule has 1 N–H and O–H groups in total. The fourth-order valence-corrected chi connectivity index (χ4v) is 3.00. The number of amides is 1. The summed E-state index contributed by atoms with van der Waals surface area (Å²) in [6.07, 6.45) is 0. The predicted molar refractivity (Wildman–Crippen MR) is 105 cm³/mol. The number of aryl methyl sites for hydroxylation is 2. The number of para-hydroxylation sites is 1. The molecule has 1 heterocycles. The van der Waals surface area contributed by atoms with Crippen LogP contribution in [0.1, 0.15) is 21.7 Å². The number of carbonyl (C=O) groups excluding carboxylic acids is 1. The Morgan fingerprint density at radius 1 is 1.04 bits per heavy atom. The van der Waals surface area contributed by atoms with Crippen molar-refractivity contribution in [3.63, 3.8) is 0 Å². The zero-order chi connectivity index (χ0) is 18.7. The van der Waals surface area contributed by atoms with Crippen molar-refractivity contribution < 1.29 is 13.9 Å². The van der Waals surface area contributed by atoms with Crippen LogP contribution in [0.3, 0.4) is 0 Å². The van der Waals surface area contributed by atoms with Gasteiger partial charge in [0.15, 0.2) is 11.6 Å². The number of carbonyl (C=O) groups is 1. The lowest BCUT2D eigenvalue weighted by Gasteiger charge is -2.13. The van der Waals surface area contributed by atoms with Crippen molar-refractivity contribution in [3.8, 4) is 11.8 Å². The molecular formula is C19H15FIN3O2. The van der Waals surface area contributed by atoms with E-state index in [1.54, 1.807) is 38.1 Å². The van der Waals surface area contributed by atoms with Crippen LogP contribution in [-0.2, 0) is 0 Å². The van der Waals surface area contributed by atoms with Crippen LogP contribution in [0.4, 0.5) is 10.1 Å². The van der Waals surface area contributed by atoms with Gasteiger partial charge >= 0.3 is 6.01 Å². The van der Waals surface area contributed by atoms with E-state index < -0.39 is 5.82 Å². The Morgan fingerprint density at radius 2 is 1.65 bits per heavy atom. The summed E-state index contributed by atoms with van der Waals surface area (Å²) < 4.78 is 20.0. The van der Waals surface area contributed by atoms with Crippen molar-refractivity contribution in [3.05, 3.63) is 74.9 Å². The van der Waals surface area contributed by atoms with Gasteiger partial charge in [-0.15, -0.1) is 0 Å². The van der Waals surface area contributed by atoms with Crippen molar-refractivity contribution in [1.29, 1.82) is 0 Å². The third kappa shape index (κ3) is 3.98. The Hall–Kier alpha value is -2.55. The number of hydrogen-bond donors (Lipinski definition) is 1. The number of nitrogens with zero attached hydrogens (tertiary/aromatic N) is 2. The summed E-state index contributed by atoms with van der Waals surface area (Å²) in [5.41, 5.74) is 2.14. The Labute approximate surface area is 163 Å². The number of rotatable bonds is 4. The monoisotopic (exact) mass is 463 g/mol. The molecule has 3 rings (SSSR count). The number of ether oxygens (including phenoxy) is 1. The molecule has 0 saturated carbocycles. The second kappa shape index (κ2) is 7.77. The largest absolute Gasteiger partial charge is 0.421 e. The molecule has 5 nitrogen and oxygen atoms in total. The second-order valence-electron chi connectivity index (χ2n) is 5.52. The maximum absolute atomic E-state index is 13.7. The van der Waals surface area contributed by atoms with Crippen molar-refractivity contribution in [2.45, 2.75) is 13.8 Å². The molecule has 0 radical (unpaired) electrons. The van der Waals surface area contributed by atoms with Crippen LogP contribution in [-0.4, -0.2) is 15.9 Å². The van der Waals surface area contributed by atoms with E-state index in [4.69, 9.17) is 4.74 Å². The summed E-state index contributed by atoms with van der Waals surface area (Å²) in [5.74, 6) is -0.697. The summed E-state index contributed by atoms with van der Waals surface area (Å²) >= 11 is 2.11. The number of hydrogen-bond acceptors (Lipinski definition) is 4. The van der Waals surface area contributed by atoms with Gasteiger partial charge < -0.3 is 10.1 Å². The smallest absolute Gasteiger partial charge is 0.322 e. The van der Waals surface area contributed by atoms with Gasteiger partial charge in [0.2, 0.25) is 0 Å². The van der Waals surface area contributed by atoms with E-state index in [0.717, 1.165) is 3.57 Å². The lowest BCUT2D eigenvalue weighted by molar-refractivity contribution is 0.102. The number of halogens is 2. The highest BCUT2D eigenvalue weighted by molar-refractivity contribution is 14.1. The number of aromatic nitrogens is 2. The molecular weight excluding hydrogens is 448 g/mol. The molecule has 132 valence electrons. The van der Waals surface area contributed by atoms with Crippen LogP contribution in [0.15, 0.2) is 48.5 Å². The first-order valence-corrected chi connectivity index (χ1v) is 8.87. The van der Waals surface area contributed by atoms with Crippen LogP contribution in [0.25, 0.3) is 0 Å². The van der Waals surface area contributed by atoms with Crippen LogP contribution in [0, 0.1) is 23.2 Å². The predicted octanol–water partition coefficient (Wildman–Crippen LogP) is 4.88. The molecule has 1 aromatic heterocycles. The first-order chi connectivity index (χ1) is 12.5. The molecule has 7 heteroatoms. The number of nitrogens with one attached hydrogen (secondary N) is 1. The van der Waals surface area contributed by atoms with Gasteiger partial charge in [-0.3, -0.25) is 4.79 Å². The minimum atomic E-state index is -0.498. The van der Waals surface area contributed by atoms with Gasteiger partial charge in [-0.1, -0.05) is 24.3 Å². The molecule has 0 aliphatic carbocycles. The zero-order valence-corrected chi connectivity index (χ0v) is 16.2. The normalized spacial score (nSPS) is 10.5. The average molecular weight is 463 g/mol. The highest BCUT2D eigenvalue weighted by Crippen LogP contribution is 2.25. The van der Waals surface area contributed by atoms with Gasteiger partial charge in [0.05, 0.1) is 22.6 Å². The first kappa shape index (κ1) is 18.2. The standard InChI is InChI=1S/C19H15FIN3O2/c1-11-17(24-18(25)13-7-3-5-9-15(13)21)12(2)23-19(22-11)26-16-10-6-4-8-14(16)20/h3-10H,1-2H3,(H,24,25). The summed E-state index contributed by atoms with van der Waals surface area (Å²) in [5, 5.41) is 2.84. The topological polar surface area (TPSA) is 64.1 Å². The van der Waals surface area contributed by atoms with Gasteiger partial charge in [-0.05, 0) is 60.7 Å². The van der Waals surface area contributed by atoms with Crippen molar-refractivity contribution >= 4 is 34.2 Å². The quantitative estimate of drug-likeness (QED) is 0.561. The second-order valence-corrected chi connectivity index (χ2v) is 6.68. The minimum Gasteiger partial charge on any atom is -0.421 e. The SMILES string of the molecule is Cc1nc(Oc2ccccc2F)nc(C)c1NC(=O)c1ccccc1I. The summed E-state index contributed by atoms with van der Waals surface area (Å²) in [4.78, 5) is 21.0. The third-order valence-corrected chi connectivity index (χ3v) is 4.59. The molecule has 2 aromatic carbocycles. The molecule has 0 aliphatic heterocycles. The highest BCUT2D eigenvalue weighted by Gasteiger charge is 2.16. The van der Waals surface area contributed by atoms with Gasteiger partial charge in [0.1, 0.15) is 0 Å². The Bertz CT molecular complexity index is 955. The van der Waals surface area contributed by atoms with E-state index in [1.165, 1.54) is 12.1 Å². The van der Waals surface area contributed by atoms with Gasteiger partial charge in [-0.2, -0.15) is 9.97 Å². The number of anilines is 1. The van der Waals surface area contributed by atoms with Crippen molar-refractivity contribution in [2.24, 2.45) is 0 Å². The van der Waals surface area contributed by atoms with E-state index in [9.17, 15) is 9.18 Å². The highest BCUT2D eigenvalue weighted by atomic mass is 127. The molecule has 0 unspecified atom stereocenters. The summed E-state index contributed by atoms with van der Waals surface area (Å²) in [6, 6.07) is 13.3. The van der Waals surface area contributed by atoms with E-state index >= 15 is 0 Å². The van der Waals surface area contributed by atoms with Gasteiger partial charge in [0, 0.05) is 3.57 Å². The lowest BCUT2D eigenvalue weighted by Crippen LogP contribution is -2.16. The zero-order valence-electron chi connectivity index (χ0n) is 14.1. The summed E-state index contributed by atoms with van der Waals surface area (Å²) in [7, 11) is 0. The minimum absolute atomic E-state index is 0.0254. The first-order valence-electron chi connectivity index (χ1n) is 7.79. The number of benzene rings is 2. The molecule has 1 amide bonds. The van der Waals surface area contributed by atoms with Crippen molar-refractivity contribution in [2.75, 3.05) is 5.32 Å². The average Bonchev–Trinajstić information content (AvgIpc) is 2.60. The molecule has 0 atom stereocenters. The molecule has 0 fully saturated rings. The fraction of sp³-hybridized carbons (Fsp3) is 0.105. The molecule has 0 bridgehead atoms. The molecule has 3 aromatic rings. The van der Waals surface area contributed by atoms with Crippen LogP contribution >= 0.6 is 22.6 Å². The summed E-state index contributed by atoms with van der Waals surface area (Å²) in [6.45, 7) is 3.46. The molecule has 0 saturated heterocycles. The van der Waals surface area contributed by atoms with E-state index in [0.29, 0.717) is 22.6 Å². The van der Waals surface area contributed by atoms with Gasteiger partial charge in [0.25, 0.3) is 5.91 Å². The Morgan fingerprint density at radius 3 is 2.31 bits per heavy atom. The maximum Gasteiger partial charge on any atom is 0.322 e. The van der Waals surface area contributed by atoms with E-state index in [2.05, 4.69) is 37.9 Å². The third-order valence-electron chi connectivity index (χ3n) is 3.65. The van der Waals surface area contributed by atoms with Crippen LogP contribution < -0.4 is 10.1 Å². The van der Waals surface area contributed by atoms with Crippen LogP contribution in [0.2, 0.25) is 0 Å². The van der Waals surface area contributed by atoms with E-state index in [1.807, 2.05) is 12.1 Å². The fourth-order valence-electron chi connectivity index (χ4n) is 2.36. The van der Waals surface area contributed by atoms with Gasteiger partial charge in [-0.25, -0.2) is 4.39 Å². The maximum atomic E-state index is 13.7. The van der Waals surface area contributed by atoms with E-state index in [-0.39, 0.29) is 17.7 Å². The Kier molecular flexibility index (Phi) is 5.46. The van der Waals surface area contributed by atoms with Crippen LogP contribution in [0.5, 0.6) is 11.8 Å². The molecule has 0 aliphatic rings.